The average molecular weight is 875 g/mol. The smallest absolute Gasteiger partial charge is 0.310 e. The Morgan fingerprint density at radius 2 is 0.828 bits per heavy atom. The van der Waals surface area contributed by atoms with Crippen molar-refractivity contribution in [1.29, 1.82) is 0 Å². The summed E-state index contributed by atoms with van der Waals surface area (Å²) in [5.41, 5.74) is 4.87. The topological polar surface area (TPSA) is 207 Å². The number of aliphatic hydroxyl groups is 2. The first kappa shape index (κ1) is 39.8. The summed E-state index contributed by atoms with van der Waals surface area (Å²) in [6.07, 6.45) is -3.89. The van der Waals surface area contributed by atoms with Crippen molar-refractivity contribution in [1.82, 2.24) is 0 Å². The van der Waals surface area contributed by atoms with Gasteiger partial charge >= 0.3 is 11.9 Å². The van der Waals surface area contributed by atoms with Crippen molar-refractivity contribution in [2.75, 3.05) is 41.7 Å². The minimum absolute atomic E-state index is 0.0360. The number of ether oxygens (including phenoxy) is 10. The molecule has 2 aliphatic carbocycles. The van der Waals surface area contributed by atoms with Crippen LogP contribution in [-0.4, -0.2) is 74.0 Å². The molecule has 2 fully saturated rings. The predicted octanol–water partition coefficient (Wildman–Crippen LogP) is 6.01. The summed E-state index contributed by atoms with van der Waals surface area (Å²) in [5, 5.41) is 44.7. The third-order valence-corrected chi connectivity index (χ3v) is 13.6. The lowest BCUT2D eigenvalue weighted by molar-refractivity contribution is -0.142. The number of carbonyl (C=O) groups is 2. The van der Waals surface area contributed by atoms with E-state index in [0.717, 1.165) is 0 Å². The van der Waals surface area contributed by atoms with Crippen LogP contribution in [0.15, 0.2) is 72.8 Å². The Kier molecular flexibility index (Phi) is 9.18. The standard InChI is InChI=1S/C48H42O16/c1-55-33-9-21(10-34(56-2)43(33)51)37-23-13-29-31(15-25(23)41(49)27-17-59-45(53)39(27)37)63-47(61-29)19-6-5-7-20(8-19)48-62-30-14-24-26(16-32(30)64-48)42(50)28-18-60-46(54)40(28)38(24)22-11-35(57-3)44(52)36(12-22)58-4/h5-16,27-28,37-42,47-52H,17-18H2,1-4H3/t27-,28-,37+,38+,39-,40-,41+,42+,47?,48?/m0/s1. The zero-order valence-electron chi connectivity index (χ0n) is 34.8. The van der Waals surface area contributed by atoms with Gasteiger partial charge < -0.3 is 67.8 Å². The molecular weight excluding hydrogens is 833 g/mol. The molecule has 16 nitrogen and oxygen atoms in total. The summed E-state index contributed by atoms with van der Waals surface area (Å²) >= 11 is 0. The van der Waals surface area contributed by atoms with E-state index in [1.807, 2.05) is 24.3 Å². The minimum Gasteiger partial charge on any atom is -0.502 e. The zero-order valence-corrected chi connectivity index (χ0v) is 34.8. The van der Waals surface area contributed by atoms with Gasteiger partial charge in [-0.15, -0.1) is 0 Å². The quantitative estimate of drug-likeness (QED) is 0.132. The number of benzene rings is 5. The highest BCUT2D eigenvalue weighted by Gasteiger charge is 2.54. The summed E-state index contributed by atoms with van der Waals surface area (Å²) in [7, 11) is 5.70. The molecular formula is C48H42O16. The van der Waals surface area contributed by atoms with E-state index in [1.54, 1.807) is 48.5 Å². The Morgan fingerprint density at radius 3 is 1.17 bits per heavy atom. The zero-order chi connectivity index (χ0) is 44.3. The van der Waals surface area contributed by atoms with Gasteiger partial charge in [0.25, 0.3) is 12.6 Å². The molecule has 330 valence electrons. The van der Waals surface area contributed by atoms with Gasteiger partial charge in [-0.05, 0) is 88.0 Å². The number of methoxy groups -OCH3 is 4. The first-order chi connectivity index (χ1) is 31.0. The first-order valence-electron chi connectivity index (χ1n) is 20.7. The van der Waals surface area contributed by atoms with Crippen LogP contribution in [0.4, 0.5) is 0 Å². The van der Waals surface area contributed by atoms with Crippen LogP contribution in [-0.2, 0) is 19.1 Å². The van der Waals surface area contributed by atoms with Gasteiger partial charge in [0.05, 0.1) is 65.7 Å². The highest BCUT2D eigenvalue weighted by molar-refractivity contribution is 5.80. The highest BCUT2D eigenvalue weighted by atomic mass is 16.7. The van der Waals surface area contributed by atoms with Crippen molar-refractivity contribution in [3.63, 3.8) is 0 Å². The number of rotatable bonds is 8. The lowest BCUT2D eigenvalue weighted by Gasteiger charge is -2.37. The molecule has 4 heterocycles. The van der Waals surface area contributed by atoms with Crippen molar-refractivity contribution in [2.45, 2.75) is 36.6 Å². The number of fused-ring (bicyclic) bond motifs is 6. The molecule has 16 heteroatoms. The second-order valence-electron chi connectivity index (χ2n) is 16.7. The normalized spacial score (nSPS) is 27.7. The maximum atomic E-state index is 13.3. The number of hydrogen-bond acceptors (Lipinski definition) is 16. The lowest BCUT2D eigenvalue weighted by Crippen LogP contribution is -2.34. The van der Waals surface area contributed by atoms with Crippen LogP contribution >= 0.6 is 0 Å². The molecule has 0 radical (unpaired) electrons. The molecule has 64 heavy (non-hydrogen) atoms. The van der Waals surface area contributed by atoms with E-state index in [0.29, 0.717) is 67.5 Å². The van der Waals surface area contributed by atoms with Crippen LogP contribution < -0.4 is 37.9 Å². The number of aliphatic hydroxyl groups excluding tert-OH is 2. The van der Waals surface area contributed by atoms with Crippen LogP contribution in [0, 0.1) is 23.7 Å². The first-order valence-corrected chi connectivity index (χ1v) is 20.7. The molecule has 5 aromatic rings. The second kappa shape index (κ2) is 14.8. The maximum Gasteiger partial charge on any atom is 0.310 e. The van der Waals surface area contributed by atoms with E-state index in [2.05, 4.69) is 0 Å². The van der Waals surface area contributed by atoms with Crippen molar-refractivity contribution in [3.8, 4) is 57.5 Å². The van der Waals surface area contributed by atoms with Gasteiger partial charge in [-0.25, -0.2) is 0 Å². The molecule has 11 rings (SSSR count). The Bertz CT molecular complexity index is 2530. The van der Waals surface area contributed by atoms with E-state index in [1.165, 1.54) is 28.4 Å². The van der Waals surface area contributed by atoms with Gasteiger partial charge in [-0.3, -0.25) is 9.59 Å². The molecule has 0 amide bonds. The Balaban J connectivity index is 0.898. The van der Waals surface area contributed by atoms with Crippen molar-refractivity contribution in [2.24, 2.45) is 23.7 Å². The predicted molar refractivity (Wildman–Crippen MR) is 219 cm³/mol. The number of phenolic OH excluding ortho intramolecular Hbond substituents is 2. The average Bonchev–Trinajstić information content (AvgIpc) is 4.11. The molecule has 4 aliphatic heterocycles. The SMILES string of the molecule is COc1cc([C@@H]2c3cc4c(cc3[C@@H](O)[C@H]3COC(=O)[C@H]23)OC(c2cccc(C3Oc5cc6c(cc5O3)[C@@H](O)[C@H]3COC(=O)[C@@H]3[C@@H]6c3cc(OC)c(O)c(OC)c3)c2)O4)cc(OC)c1O. The van der Waals surface area contributed by atoms with Crippen LogP contribution in [0.2, 0.25) is 0 Å². The van der Waals surface area contributed by atoms with Crippen LogP contribution in [0.5, 0.6) is 57.5 Å². The summed E-state index contributed by atoms with van der Waals surface area (Å²) < 4.78 is 58.4. The number of aromatic hydroxyl groups is 2. The van der Waals surface area contributed by atoms with Gasteiger partial charge in [0.1, 0.15) is 0 Å². The van der Waals surface area contributed by atoms with Gasteiger partial charge in [0, 0.05) is 34.8 Å². The fourth-order valence-electron chi connectivity index (χ4n) is 10.5. The minimum atomic E-state index is -1.04. The van der Waals surface area contributed by atoms with Gasteiger partial charge in [0.2, 0.25) is 11.5 Å². The summed E-state index contributed by atoms with van der Waals surface area (Å²) in [5.74, 6) is -2.81. The number of carbonyl (C=O) groups excluding carboxylic acids is 2. The molecule has 0 bridgehead atoms. The van der Waals surface area contributed by atoms with Crippen LogP contribution in [0.25, 0.3) is 0 Å². The number of hydrogen-bond donors (Lipinski definition) is 4. The Hall–Kier alpha value is -7.04. The summed E-state index contributed by atoms with van der Waals surface area (Å²) in [6, 6.07) is 21.0. The Morgan fingerprint density at radius 1 is 0.484 bits per heavy atom. The monoisotopic (exact) mass is 874 g/mol. The fraction of sp³-hybridized carbons (Fsp3) is 0.333. The molecule has 4 N–H and O–H groups in total. The van der Waals surface area contributed by atoms with Gasteiger partial charge in [0.15, 0.2) is 46.0 Å². The van der Waals surface area contributed by atoms with Crippen LogP contribution in [0.3, 0.4) is 0 Å². The van der Waals surface area contributed by atoms with E-state index < -0.39 is 72.2 Å². The molecule has 2 unspecified atom stereocenters. The van der Waals surface area contributed by atoms with Crippen molar-refractivity contribution in [3.05, 3.63) is 117 Å². The number of phenols is 2. The largest absolute Gasteiger partial charge is 0.502 e. The van der Waals surface area contributed by atoms with Crippen LogP contribution in [0.1, 0.15) is 81.1 Å². The highest BCUT2D eigenvalue weighted by Crippen LogP contribution is 2.58. The molecule has 10 atom stereocenters. The molecule has 6 aliphatic rings. The van der Waals surface area contributed by atoms with E-state index in [9.17, 15) is 30.0 Å². The second-order valence-corrected chi connectivity index (χ2v) is 16.7. The lowest BCUT2D eigenvalue weighted by atomic mass is 9.66. The molecule has 0 aromatic heterocycles. The van der Waals surface area contributed by atoms with Gasteiger partial charge in [-0.2, -0.15) is 0 Å². The summed E-state index contributed by atoms with van der Waals surface area (Å²) in [4.78, 5) is 26.6. The third-order valence-electron chi connectivity index (χ3n) is 13.6. The molecule has 2 saturated heterocycles. The Labute approximate surface area is 365 Å². The van der Waals surface area contributed by atoms with Crippen molar-refractivity contribution >= 4 is 11.9 Å². The molecule has 5 aromatic carbocycles. The van der Waals surface area contributed by atoms with Gasteiger partial charge in [-0.1, -0.05) is 18.2 Å². The van der Waals surface area contributed by atoms with E-state index in [-0.39, 0.29) is 47.7 Å². The maximum absolute atomic E-state index is 13.3. The molecule has 0 saturated carbocycles. The van der Waals surface area contributed by atoms with Crippen molar-refractivity contribution < 1.29 is 77.4 Å². The van der Waals surface area contributed by atoms with E-state index in [4.69, 9.17) is 47.4 Å². The molecule has 0 spiro atoms. The number of esters is 2. The van der Waals surface area contributed by atoms with E-state index >= 15 is 0 Å². The number of cyclic esters (lactones) is 2. The fourth-order valence-corrected chi connectivity index (χ4v) is 10.5. The third kappa shape index (κ3) is 5.88. The summed E-state index contributed by atoms with van der Waals surface area (Å²) in [6.45, 7) is 0.0721.